The van der Waals surface area contributed by atoms with Gasteiger partial charge in [0.25, 0.3) is 0 Å². The molecule has 66 heavy (non-hydrogen) atoms. The van der Waals surface area contributed by atoms with Crippen molar-refractivity contribution in [2.45, 2.75) is 0 Å². The normalized spacial score (nSPS) is 11.6. The van der Waals surface area contributed by atoms with Crippen LogP contribution in [-0.4, -0.2) is 81.3 Å². The minimum Gasteiger partial charge on any atom is -0.493 e. The summed E-state index contributed by atoms with van der Waals surface area (Å²) in [6.45, 7) is 3.91. The molecular formula is C52H50O8S6. The van der Waals surface area contributed by atoms with Crippen LogP contribution in [0.4, 0.5) is 0 Å². The van der Waals surface area contributed by atoms with Gasteiger partial charge in [0, 0.05) is 53.2 Å². The minimum absolute atomic E-state index is 0.412. The van der Waals surface area contributed by atoms with Crippen molar-refractivity contribution in [1.29, 1.82) is 0 Å². The van der Waals surface area contributed by atoms with Gasteiger partial charge in [-0.05, 0) is 106 Å². The van der Waals surface area contributed by atoms with E-state index in [4.69, 9.17) is 37.9 Å². The SMILES string of the molecule is COCCOCCOc1cc(/C=C/c2cc(-c3cccs3)sc2-c2ccc(-c3ccc(-c4sc(-c5cccs5)cc4/C=C/c4ccc(OC)c(OCCOCCOC)c4)s3)s2)ccc1OC. The van der Waals surface area contributed by atoms with E-state index in [9.17, 15) is 0 Å². The average Bonchev–Trinajstić information content (AvgIpc) is 4.20. The van der Waals surface area contributed by atoms with Gasteiger partial charge >= 0.3 is 0 Å². The van der Waals surface area contributed by atoms with Crippen LogP contribution in [0, 0.1) is 0 Å². The summed E-state index contributed by atoms with van der Waals surface area (Å²) in [5.41, 5.74) is 4.38. The third-order valence-electron chi connectivity index (χ3n) is 10.1. The average molecular weight is 995 g/mol. The molecule has 6 aromatic heterocycles. The molecule has 2 aromatic carbocycles. The molecule has 0 radical (unpaired) electrons. The van der Waals surface area contributed by atoms with Gasteiger partial charge in [0.15, 0.2) is 23.0 Å². The smallest absolute Gasteiger partial charge is 0.161 e. The van der Waals surface area contributed by atoms with Crippen molar-refractivity contribution in [2.24, 2.45) is 0 Å². The molecule has 0 saturated carbocycles. The highest BCUT2D eigenvalue weighted by Crippen LogP contribution is 2.48. The predicted molar refractivity (Wildman–Crippen MR) is 281 cm³/mol. The minimum atomic E-state index is 0.412. The lowest BCUT2D eigenvalue weighted by atomic mass is 10.1. The number of ether oxygens (including phenoxy) is 8. The second-order valence-electron chi connectivity index (χ2n) is 14.5. The Labute approximate surface area is 410 Å². The van der Waals surface area contributed by atoms with Crippen LogP contribution >= 0.6 is 68.0 Å². The third-order valence-corrected chi connectivity index (χ3v) is 17.2. The van der Waals surface area contributed by atoms with Crippen molar-refractivity contribution in [3.05, 3.63) is 130 Å². The van der Waals surface area contributed by atoms with Gasteiger partial charge in [-0.25, -0.2) is 0 Å². The van der Waals surface area contributed by atoms with E-state index in [2.05, 4.69) is 95.7 Å². The van der Waals surface area contributed by atoms with E-state index >= 15 is 0 Å². The first-order chi connectivity index (χ1) is 32.5. The summed E-state index contributed by atoms with van der Waals surface area (Å²) < 4.78 is 44.7. The van der Waals surface area contributed by atoms with Gasteiger partial charge in [0.2, 0.25) is 0 Å². The van der Waals surface area contributed by atoms with Crippen LogP contribution in [0.25, 0.3) is 73.1 Å². The second kappa shape index (κ2) is 24.3. The van der Waals surface area contributed by atoms with E-state index in [0.29, 0.717) is 75.9 Å². The summed E-state index contributed by atoms with van der Waals surface area (Å²) >= 11 is 10.9. The molecule has 8 aromatic rings. The van der Waals surface area contributed by atoms with Crippen LogP contribution < -0.4 is 18.9 Å². The summed E-state index contributed by atoms with van der Waals surface area (Å²) in [5, 5.41) is 4.27. The number of rotatable bonds is 25. The van der Waals surface area contributed by atoms with Gasteiger partial charge in [0.05, 0.1) is 63.6 Å². The van der Waals surface area contributed by atoms with Gasteiger partial charge < -0.3 is 37.9 Å². The Balaban J connectivity index is 1.03. The first kappa shape index (κ1) is 47.6. The summed E-state index contributed by atoms with van der Waals surface area (Å²) in [6, 6.07) is 34.3. The number of methoxy groups -OCH3 is 4. The first-order valence-corrected chi connectivity index (χ1v) is 26.2. The van der Waals surface area contributed by atoms with E-state index < -0.39 is 0 Å². The van der Waals surface area contributed by atoms with Crippen molar-refractivity contribution >= 4 is 92.3 Å². The quantitative estimate of drug-likeness (QED) is 0.0524. The van der Waals surface area contributed by atoms with Gasteiger partial charge in [0.1, 0.15) is 13.2 Å². The van der Waals surface area contributed by atoms with Crippen molar-refractivity contribution in [3.63, 3.8) is 0 Å². The molecule has 8 nitrogen and oxygen atoms in total. The van der Waals surface area contributed by atoms with E-state index in [1.807, 2.05) is 81.7 Å². The molecule has 0 atom stereocenters. The molecule has 0 unspecified atom stereocenters. The predicted octanol–water partition coefficient (Wildman–Crippen LogP) is 14.8. The maximum atomic E-state index is 6.07. The summed E-state index contributed by atoms with van der Waals surface area (Å²) in [5.74, 6) is 2.73. The molecule has 6 heterocycles. The highest BCUT2D eigenvalue weighted by molar-refractivity contribution is 7.30. The molecule has 0 fully saturated rings. The largest absolute Gasteiger partial charge is 0.493 e. The van der Waals surface area contributed by atoms with Crippen LogP contribution in [-0.2, 0) is 18.9 Å². The number of hydrogen-bond acceptors (Lipinski definition) is 14. The molecule has 0 bridgehead atoms. The Hall–Kier alpha value is -4.84. The van der Waals surface area contributed by atoms with Crippen molar-refractivity contribution in [1.82, 2.24) is 0 Å². The Kier molecular flexibility index (Phi) is 17.5. The topological polar surface area (TPSA) is 73.8 Å². The summed E-state index contributed by atoms with van der Waals surface area (Å²) in [7, 11) is 6.64. The van der Waals surface area contributed by atoms with Crippen molar-refractivity contribution in [3.8, 4) is 71.8 Å². The number of hydrogen-bond donors (Lipinski definition) is 0. The Morgan fingerprint density at radius 1 is 0.379 bits per heavy atom. The van der Waals surface area contributed by atoms with Gasteiger partial charge in [-0.15, -0.1) is 68.0 Å². The maximum absolute atomic E-state index is 6.07. The Bertz CT molecular complexity index is 2600. The highest BCUT2D eigenvalue weighted by Gasteiger charge is 2.18. The first-order valence-electron chi connectivity index (χ1n) is 21.2. The molecule has 0 aliphatic heterocycles. The molecule has 0 saturated heterocycles. The lowest BCUT2D eigenvalue weighted by Crippen LogP contribution is -2.10. The van der Waals surface area contributed by atoms with Gasteiger partial charge in [-0.1, -0.05) is 48.6 Å². The van der Waals surface area contributed by atoms with Crippen LogP contribution in [0.3, 0.4) is 0 Å². The third kappa shape index (κ3) is 12.4. The Morgan fingerprint density at radius 3 is 1.23 bits per heavy atom. The summed E-state index contributed by atoms with van der Waals surface area (Å²) in [4.78, 5) is 12.5. The van der Waals surface area contributed by atoms with Crippen molar-refractivity contribution < 1.29 is 37.9 Å². The zero-order valence-corrected chi connectivity index (χ0v) is 42.0. The van der Waals surface area contributed by atoms with Crippen LogP contribution in [0.1, 0.15) is 22.3 Å². The lowest BCUT2D eigenvalue weighted by molar-refractivity contribution is 0.0540. The van der Waals surface area contributed by atoms with E-state index in [0.717, 1.165) is 11.1 Å². The van der Waals surface area contributed by atoms with Crippen LogP contribution in [0.5, 0.6) is 23.0 Å². The highest BCUT2D eigenvalue weighted by atomic mass is 32.1. The van der Waals surface area contributed by atoms with Gasteiger partial charge in [-0.2, -0.15) is 0 Å². The number of thiophene rings is 6. The van der Waals surface area contributed by atoms with Gasteiger partial charge in [-0.3, -0.25) is 0 Å². The van der Waals surface area contributed by atoms with Crippen LogP contribution in [0.2, 0.25) is 0 Å². The van der Waals surface area contributed by atoms with E-state index in [-0.39, 0.29) is 0 Å². The zero-order chi connectivity index (χ0) is 45.5. The molecule has 0 amide bonds. The molecule has 0 N–H and O–H groups in total. The fourth-order valence-electron chi connectivity index (χ4n) is 6.81. The van der Waals surface area contributed by atoms with E-state index in [1.54, 1.807) is 51.1 Å². The molecule has 0 aliphatic rings. The molecule has 8 rings (SSSR count). The lowest BCUT2D eigenvalue weighted by Gasteiger charge is -2.11. The molecule has 0 aliphatic carbocycles. The van der Waals surface area contributed by atoms with E-state index in [1.165, 1.54) is 59.9 Å². The van der Waals surface area contributed by atoms with Crippen LogP contribution in [0.15, 0.2) is 108 Å². The Morgan fingerprint density at radius 2 is 0.818 bits per heavy atom. The fraction of sp³-hybridized carbons (Fsp3) is 0.231. The molecule has 342 valence electrons. The monoisotopic (exact) mass is 994 g/mol. The molecular weight excluding hydrogens is 945 g/mol. The van der Waals surface area contributed by atoms with Crippen molar-refractivity contribution in [2.75, 3.05) is 81.3 Å². The zero-order valence-electron chi connectivity index (χ0n) is 37.1. The maximum Gasteiger partial charge on any atom is 0.161 e. The fourth-order valence-corrected chi connectivity index (χ4v) is 13.1. The second-order valence-corrected chi connectivity index (χ2v) is 20.6. The molecule has 14 heteroatoms. The standard InChI is InChI=1S/C52H50O8S6/c1-53-21-23-57-25-27-59-41-31-35(11-15-39(41)55-3)9-13-37-33-49(43-7-5-29-61-43)65-51(37)47-19-17-45(63-47)46-18-20-48(64-46)52-38(34-50(66-52)44-8-6-30-62-44)14-10-36-12-16-40(56-4)42(32-36)60-28-26-58-24-22-54-2/h5-20,29-34H,21-28H2,1-4H3/b13-9+,14-10+. The summed E-state index contributed by atoms with van der Waals surface area (Å²) in [6.07, 6.45) is 8.71. The number of benzene rings is 2. The molecule has 0 spiro atoms.